The molecule has 2 nitrogen and oxygen atoms in total. The maximum absolute atomic E-state index is 12.2. The van der Waals surface area contributed by atoms with Crippen molar-refractivity contribution in [1.29, 1.82) is 0 Å². The van der Waals surface area contributed by atoms with Gasteiger partial charge in [0.25, 0.3) is 6.01 Å². The molecule has 6 heteroatoms. The predicted molar refractivity (Wildman–Crippen MR) is 30.9 cm³/mol. The molecule has 0 saturated carbocycles. The lowest BCUT2D eigenvalue weighted by atomic mass is 10.5. The van der Waals surface area contributed by atoms with E-state index in [1.165, 1.54) is 0 Å². The third-order valence-corrected chi connectivity index (χ3v) is 1.09. The second kappa shape index (κ2) is 3.30. The fourth-order valence-electron chi connectivity index (χ4n) is 0.507. The molecule has 1 saturated heterocycles. The van der Waals surface area contributed by atoms with Gasteiger partial charge in [-0.15, -0.1) is 0 Å². The van der Waals surface area contributed by atoms with Gasteiger partial charge in [0, 0.05) is 0 Å². The fourth-order valence-corrected chi connectivity index (χ4v) is 0.507. The first-order valence-corrected chi connectivity index (χ1v) is 3.17. The van der Waals surface area contributed by atoms with E-state index in [1.807, 2.05) is 0 Å². The zero-order chi connectivity index (χ0) is 9.19. The Balaban J connectivity index is 2.25. The molecule has 1 aliphatic heterocycles. The number of hydrogen-bond donors (Lipinski definition) is 0. The van der Waals surface area contributed by atoms with Gasteiger partial charge < -0.3 is 9.47 Å². The second-order valence-electron chi connectivity index (χ2n) is 2.26. The van der Waals surface area contributed by atoms with Crippen molar-refractivity contribution in [2.24, 2.45) is 0 Å². The highest BCUT2D eigenvalue weighted by atomic mass is 19.4. The monoisotopic (exact) mass is 186 g/mol. The van der Waals surface area contributed by atoms with Crippen molar-refractivity contribution in [3.63, 3.8) is 0 Å². The molecule has 0 radical (unpaired) electrons. The standard InChI is InChI=1S/C6H6F4O2/c7-5(1-6(8,9)10)12-3-4-2-11-4/h1,4H,2-3H2/b5-1-. The number of alkyl halides is 3. The summed E-state index contributed by atoms with van der Waals surface area (Å²) in [4.78, 5) is 0. The molecule has 1 rings (SSSR count). The maximum atomic E-state index is 12.2. The topological polar surface area (TPSA) is 21.8 Å². The minimum absolute atomic E-state index is 0.168. The highest BCUT2D eigenvalue weighted by Gasteiger charge is 2.28. The summed E-state index contributed by atoms with van der Waals surface area (Å²) in [6.07, 6.45) is -5.46. The van der Waals surface area contributed by atoms with Gasteiger partial charge in [-0.1, -0.05) is 0 Å². The van der Waals surface area contributed by atoms with Gasteiger partial charge in [0.05, 0.1) is 12.7 Å². The number of halogens is 4. The lowest BCUT2D eigenvalue weighted by Crippen LogP contribution is -2.05. The Morgan fingerprint density at radius 1 is 1.58 bits per heavy atom. The first kappa shape index (κ1) is 9.31. The molecule has 1 heterocycles. The van der Waals surface area contributed by atoms with Crippen LogP contribution in [-0.4, -0.2) is 25.5 Å². The number of allylic oxidation sites excluding steroid dienone is 1. The molecule has 1 fully saturated rings. The number of hydrogen-bond acceptors (Lipinski definition) is 2. The average Bonchev–Trinajstić information content (AvgIpc) is 2.61. The summed E-state index contributed by atoms with van der Waals surface area (Å²) in [5, 5.41) is 0. The summed E-state index contributed by atoms with van der Waals surface area (Å²) in [6.45, 7) is 0.248. The molecule has 1 unspecified atom stereocenters. The van der Waals surface area contributed by atoms with Crippen molar-refractivity contribution in [2.45, 2.75) is 12.3 Å². The average molecular weight is 186 g/mol. The Kier molecular flexibility index (Phi) is 2.56. The lowest BCUT2D eigenvalue weighted by molar-refractivity contribution is -0.0852. The number of ether oxygens (including phenoxy) is 2. The van der Waals surface area contributed by atoms with Crippen LogP contribution < -0.4 is 0 Å². The molecule has 0 aliphatic carbocycles. The zero-order valence-electron chi connectivity index (χ0n) is 5.90. The smallest absolute Gasteiger partial charge is 0.415 e. The molecule has 1 aliphatic rings. The van der Waals surface area contributed by atoms with Crippen LogP contribution in [0.15, 0.2) is 12.1 Å². The lowest BCUT2D eigenvalue weighted by Gasteiger charge is -2.01. The largest absolute Gasteiger partial charge is 0.468 e. The van der Waals surface area contributed by atoms with E-state index in [2.05, 4.69) is 9.47 Å². The van der Waals surface area contributed by atoms with Gasteiger partial charge in [0.2, 0.25) is 0 Å². The van der Waals surface area contributed by atoms with E-state index in [4.69, 9.17) is 0 Å². The van der Waals surface area contributed by atoms with Gasteiger partial charge in [-0.2, -0.15) is 17.6 Å². The Hall–Kier alpha value is -0.780. The molecule has 0 aromatic rings. The Morgan fingerprint density at radius 3 is 2.58 bits per heavy atom. The van der Waals surface area contributed by atoms with Crippen molar-refractivity contribution in [3.8, 4) is 0 Å². The summed E-state index contributed by atoms with van der Waals surface area (Å²) in [6, 6.07) is -1.63. The first-order valence-electron chi connectivity index (χ1n) is 3.17. The quantitative estimate of drug-likeness (QED) is 0.380. The second-order valence-corrected chi connectivity index (χ2v) is 2.26. The van der Waals surface area contributed by atoms with Crippen LogP contribution in [0.4, 0.5) is 17.6 Å². The van der Waals surface area contributed by atoms with E-state index in [9.17, 15) is 17.6 Å². The fraction of sp³-hybridized carbons (Fsp3) is 0.667. The van der Waals surface area contributed by atoms with E-state index in [-0.39, 0.29) is 12.7 Å². The summed E-state index contributed by atoms with van der Waals surface area (Å²) in [5.74, 6) is 0. The van der Waals surface area contributed by atoms with Gasteiger partial charge in [0.15, 0.2) is 0 Å². The normalized spacial score (nSPS) is 24.0. The SMILES string of the molecule is F/C(=C/C(F)(F)F)OCC1CO1. The highest BCUT2D eigenvalue weighted by molar-refractivity contribution is 4.89. The molecular formula is C6H6F4O2. The van der Waals surface area contributed by atoms with Crippen LogP contribution in [0.3, 0.4) is 0 Å². The van der Waals surface area contributed by atoms with Gasteiger partial charge >= 0.3 is 6.18 Å². The van der Waals surface area contributed by atoms with Crippen LogP contribution in [0.25, 0.3) is 0 Å². The van der Waals surface area contributed by atoms with Crippen LogP contribution in [0.1, 0.15) is 0 Å². The number of epoxide rings is 1. The molecule has 0 aromatic heterocycles. The molecule has 12 heavy (non-hydrogen) atoms. The minimum Gasteiger partial charge on any atom is -0.468 e. The summed E-state index contributed by atoms with van der Waals surface area (Å²) in [7, 11) is 0. The Morgan fingerprint density at radius 2 is 2.17 bits per heavy atom. The van der Waals surface area contributed by atoms with Crippen molar-refractivity contribution < 1.29 is 27.0 Å². The van der Waals surface area contributed by atoms with E-state index >= 15 is 0 Å². The summed E-state index contributed by atoms with van der Waals surface area (Å²) >= 11 is 0. The van der Waals surface area contributed by atoms with Crippen molar-refractivity contribution in [1.82, 2.24) is 0 Å². The zero-order valence-corrected chi connectivity index (χ0v) is 5.90. The van der Waals surface area contributed by atoms with E-state index < -0.39 is 18.3 Å². The van der Waals surface area contributed by atoms with Crippen molar-refractivity contribution in [2.75, 3.05) is 13.2 Å². The first-order chi connectivity index (χ1) is 5.47. The van der Waals surface area contributed by atoms with Gasteiger partial charge in [-0.05, 0) is 0 Å². The maximum Gasteiger partial charge on any atom is 0.415 e. The van der Waals surface area contributed by atoms with Gasteiger partial charge in [0.1, 0.15) is 12.7 Å². The van der Waals surface area contributed by atoms with Crippen LogP contribution in [-0.2, 0) is 9.47 Å². The minimum atomic E-state index is -4.67. The predicted octanol–water partition coefficient (Wildman–Crippen LogP) is 1.78. The Labute approximate surface area is 65.8 Å². The van der Waals surface area contributed by atoms with Crippen LogP contribution >= 0.6 is 0 Å². The van der Waals surface area contributed by atoms with E-state index in [0.29, 0.717) is 6.61 Å². The number of rotatable bonds is 3. The molecule has 0 spiro atoms. The molecule has 0 aromatic carbocycles. The molecule has 1 atom stereocenters. The third-order valence-electron chi connectivity index (χ3n) is 1.09. The molecular weight excluding hydrogens is 180 g/mol. The van der Waals surface area contributed by atoms with Crippen molar-refractivity contribution in [3.05, 3.63) is 12.1 Å². The van der Waals surface area contributed by atoms with Crippen LogP contribution in [0, 0.1) is 0 Å². The summed E-state index contributed by atoms with van der Waals surface area (Å²) < 4.78 is 55.1. The molecule has 0 amide bonds. The summed E-state index contributed by atoms with van der Waals surface area (Å²) in [5.41, 5.74) is 0. The molecule has 0 bridgehead atoms. The van der Waals surface area contributed by atoms with Crippen LogP contribution in [0.2, 0.25) is 0 Å². The molecule has 70 valence electrons. The van der Waals surface area contributed by atoms with Gasteiger partial charge in [-0.3, -0.25) is 0 Å². The van der Waals surface area contributed by atoms with Crippen molar-refractivity contribution >= 4 is 0 Å². The van der Waals surface area contributed by atoms with Gasteiger partial charge in [-0.25, -0.2) is 0 Å². The van der Waals surface area contributed by atoms with E-state index in [1.54, 1.807) is 0 Å². The third kappa shape index (κ3) is 4.17. The molecule has 0 N–H and O–H groups in total. The van der Waals surface area contributed by atoms with Crippen LogP contribution in [0.5, 0.6) is 0 Å². The Bertz CT molecular complexity index is 182. The highest BCUT2D eigenvalue weighted by Crippen LogP contribution is 2.20. The van der Waals surface area contributed by atoms with E-state index in [0.717, 1.165) is 0 Å².